The number of aromatic nitrogens is 3. The highest BCUT2D eigenvalue weighted by atomic mass is 35.5. The number of nitrogens with one attached hydrogen (secondary N) is 1. The van der Waals surface area contributed by atoms with Crippen molar-refractivity contribution >= 4 is 23.1 Å². The van der Waals surface area contributed by atoms with Gasteiger partial charge >= 0.3 is 6.18 Å². The van der Waals surface area contributed by atoms with Crippen LogP contribution in [0, 0.1) is 0 Å². The summed E-state index contributed by atoms with van der Waals surface area (Å²) in [6.45, 7) is 0.266. The summed E-state index contributed by atoms with van der Waals surface area (Å²) in [7, 11) is 0. The van der Waals surface area contributed by atoms with Crippen molar-refractivity contribution < 1.29 is 18.0 Å². The Bertz CT molecular complexity index is 1080. The Labute approximate surface area is 174 Å². The number of hydrogen-bond donors (Lipinski definition) is 1. The van der Waals surface area contributed by atoms with E-state index in [2.05, 4.69) is 25.4 Å². The summed E-state index contributed by atoms with van der Waals surface area (Å²) >= 11 is 5.91. The van der Waals surface area contributed by atoms with Gasteiger partial charge in [0.15, 0.2) is 5.82 Å². The molecule has 3 heterocycles. The van der Waals surface area contributed by atoms with E-state index >= 15 is 0 Å². The third-order valence-corrected chi connectivity index (χ3v) is 4.67. The van der Waals surface area contributed by atoms with Gasteiger partial charge < -0.3 is 10.2 Å². The zero-order valence-corrected chi connectivity index (χ0v) is 16.2. The Morgan fingerprint density at radius 3 is 2.67 bits per heavy atom. The lowest BCUT2D eigenvalue weighted by atomic mass is 10.1. The molecule has 2 aromatic heterocycles. The first-order valence-corrected chi connectivity index (χ1v) is 9.36. The third-order valence-electron chi connectivity index (χ3n) is 4.38. The maximum absolute atomic E-state index is 12.7. The highest BCUT2D eigenvalue weighted by Gasteiger charge is 2.32. The second-order valence-electron chi connectivity index (χ2n) is 6.53. The van der Waals surface area contributed by atoms with Crippen LogP contribution in [0.25, 0.3) is 11.4 Å². The smallest absolute Gasteiger partial charge is 0.390 e. The summed E-state index contributed by atoms with van der Waals surface area (Å²) in [5.41, 5.74) is 1.30. The van der Waals surface area contributed by atoms with Crippen LogP contribution >= 0.6 is 11.6 Å². The first kappa shape index (κ1) is 20.1. The van der Waals surface area contributed by atoms with E-state index < -0.39 is 11.7 Å². The van der Waals surface area contributed by atoms with E-state index in [0.29, 0.717) is 23.7 Å². The fourth-order valence-electron chi connectivity index (χ4n) is 2.87. The van der Waals surface area contributed by atoms with Crippen molar-refractivity contribution in [1.29, 1.82) is 0 Å². The second-order valence-corrected chi connectivity index (χ2v) is 6.94. The summed E-state index contributed by atoms with van der Waals surface area (Å²) in [4.78, 5) is 18.0. The topological polar surface area (TPSA) is 72.3 Å². The Hall–Kier alpha value is -3.20. The standard InChI is InChI=1S/C20H15ClF3N5O/c21-15-8-13(20(22,23)24)10-26-19(15)27-11-14-9-17(29-30-14)16-6-7-25-18(28-16)12-4-2-1-3-5-12/h1-8,10,14H,9,11H2,(H,26,27). The van der Waals surface area contributed by atoms with Crippen molar-refractivity contribution in [2.45, 2.75) is 18.7 Å². The second kappa shape index (κ2) is 8.27. The maximum atomic E-state index is 12.7. The Balaban J connectivity index is 1.38. The van der Waals surface area contributed by atoms with Crippen LogP contribution in [0.2, 0.25) is 5.02 Å². The molecule has 3 aromatic rings. The Kier molecular flexibility index (Phi) is 5.54. The van der Waals surface area contributed by atoms with Crippen molar-refractivity contribution in [3.8, 4) is 11.4 Å². The van der Waals surface area contributed by atoms with Gasteiger partial charge in [0.1, 0.15) is 17.6 Å². The van der Waals surface area contributed by atoms with E-state index in [1.165, 1.54) is 0 Å². The molecule has 1 aliphatic rings. The monoisotopic (exact) mass is 433 g/mol. The van der Waals surface area contributed by atoms with E-state index in [9.17, 15) is 13.2 Å². The molecular weight excluding hydrogens is 419 g/mol. The van der Waals surface area contributed by atoms with E-state index in [0.717, 1.165) is 17.8 Å². The predicted octanol–water partition coefficient (Wildman–Crippen LogP) is 4.82. The third kappa shape index (κ3) is 4.51. The van der Waals surface area contributed by atoms with Crippen LogP contribution in [-0.4, -0.2) is 33.3 Å². The minimum Gasteiger partial charge on any atom is -0.390 e. The van der Waals surface area contributed by atoms with Crippen molar-refractivity contribution in [3.05, 3.63) is 71.1 Å². The highest BCUT2D eigenvalue weighted by Crippen LogP contribution is 2.32. The van der Waals surface area contributed by atoms with Gasteiger partial charge in [-0.15, -0.1) is 0 Å². The van der Waals surface area contributed by atoms with Gasteiger partial charge in [0, 0.05) is 24.4 Å². The molecule has 6 nitrogen and oxygen atoms in total. The molecule has 0 bridgehead atoms. The Morgan fingerprint density at radius 1 is 1.13 bits per heavy atom. The van der Waals surface area contributed by atoms with Gasteiger partial charge in [-0.3, -0.25) is 0 Å². The molecule has 0 radical (unpaired) electrons. The lowest BCUT2D eigenvalue weighted by Gasteiger charge is -2.13. The number of nitrogens with zero attached hydrogens (tertiary/aromatic N) is 4. The summed E-state index contributed by atoms with van der Waals surface area (Å²) in [6.07, 6.45) is -1.98. The number of halogens is 4. The molecule has 0 aliphatic carbocycles. The maximum Gasteiger partial charge on any atom is 0.417 e. The van der Waals surface area contributed by atoms with Crippen LogP contribution in [0.3, 0.4) is 0 Å². The Morgan fingerprint density at radius 2 is 1.93 bits per heavy atom. The molecular formula is C20H15ClF3N5O. The first-order valence-electron chi connectivity index (χ1n) is 8.98. The van der Waals surface area contributed by atoms with E-state index in [-0.39, 0.29) is 23.5 Å². The van der Waals surface area contributed by atoms with Crippen molar-refractivity contribution in [3.63, 3.8) is 0 Å². The van der Waals surface area contributed by atoms with Gasteiger partial charge in [-0.25, -0.2) is 15.0 Å². The summed E-state index contributed by atoms with van der Waals surface area (Å²) in [6, 6.07) is 12.1. The molecule has 0 saturated heterocycles. The van der Waals surface area contributed by atoms with Gasteiger partial charge in [-0.2, -0.15) is 13.2 Å². The molecule has 1 unspecified atom stereocenters. The fourth-order valence-corrected chi connectivity index (χ4v) is 3.10. The highest BCUT2D eigenvalue weighted by molar-refractivity contribution is 6.33. The fraction of sp³-hybridized carbons (Fsp3) is 0.200. The van der Waals surface area contributed by atoms with E-state index in [1.807, 2.05) is 30.3 Å². The molecule has 1 N–H and O–H groups in total. The van der Waals surface area contributed by atoms with Gasteiger partial charge in [0.2, 0.25) is 0 Å². The van der Waals surface area contributed by atoms with Crippen molar-refractivity contribution in [1.82, 2.24) is 15.0 Å². The van der Waals surface area contributed by atoms with Crippen LogP contribution < -0.4 is 5.32 Å². The largest absolute Gasteiger partial charge is 0.417 e. The van der Waals surface area contributed by atoms with Crippen LogP contribution in [0.15, 0.2) is 60.0 Å². The van der Waals surface area contributed by atoms with Gasteiger partial charge in [-0.1, -0.05) is 47.1 Å². The molecule has 0 fully saturated rings. The minimum atomic E-state index is -4.50. The number of pyridine rings is 1. The van der Waals surface area contributed by atoms with E-state index in [1.54, 1.807) is 12.3 Å². The summed E-state index contributed by atoms with van der Waals surface area (Å²) in [5.74, 6) is 0.730. The average molecular weight is 434 g/mol. The molecule has 1 atom stereocenters. The number of anilines is 1. The SMILES string of the molecule is FC(F)(F)c1cnc(NCC2CC(c3ccnc(-c4ccccc4)n3)=NO2)c(Cl)c1. The van der Waals surface area contributed by atoms with Crippen LogP contribution in [0.4, 0.5) is 19.0 Å². The van der Waals surface area contributed by atoms with Crippen LogP contribution in [0.1, 0.15) is 17.7 Å². The van der Waals surface area contributed by atoms with Crippen LogP contribution in [0.5, 0.6) is 0 Å². The molecule has 0 spiro atoms. The van der Waals surface area contributed by atoms with Crippen molar-refractivity contribution in [2.24, 2.45) is 5.16 Å². The first-order chi connectivity index (χ1) is 14.4. The summed E-state index contributed by atoms with van der Waals surface area (Å²) < 4.78 is 38.1. The van der Waals surface area contributed by atoms with Gasteiger partial charge in [-0.05, 0) is 12.1 Å². The number of oxime groups is 1. The average Bonchev–Trinajstić information content (AvgIpc) is 3.22. The number of hydrogen-bond acceptors (Lipinski definition) is 6. The zero-order valence-electron chi connectivity index (χ0n) is 15.4. The quantitative estimate of drug-likeness (QED) is 0.624. The zero-order chi connectivity index (χ0) is 21.1. The molecule has 0 amide bonds. The number of alkyl halides is 3. The molecule has 0 saturated carbocycles. The van der Waals surface area contributed by atoms with E-state index in [4.69, 9.17) is 16.4 Å². The predicted molar refractivity (Wildman–Crippen MR) is 106 cm³/mol. The molecule has 30 heavy (non-hydrogen) atoms. The number of rotatable bonds is 5. The normalized spacial score (nSPS) is 16.1. The molecule has 4 rings (SSSR count). The molecule has 10 heteroatoms. The number of benzene rings is 1. The van der Waals surface area contributed by atoms with Gasteiger partial charge in [0.05, 0.1) is 22.8 Å². The lowest BCUT2D eigenvalue weighted by Crippen LogP contribution is -2.21. The van der Waals surface area contributed by atoms with Gasteiger partial charge in [0.25, 0.3) is 0 Å². The molecule has 154 valence electrons. The minimum absolute atomic E-state index is 0.118. The van der Waals surface area contributed by atoms with Crippen LogP contribution in [-0.2, 0) is 11.0 Å². The molecule has 1 aliphatic heterocycles. The van der Waals surface area contributed by atoms with Crippen molar-refractivity contribution in [2.75, 3.05) is 11.9 Å². The molecule has 1 aromatic carbocycles. The lowest BCUT2D eigenvalue weighted by molar-refractivity contribution is -0.137. The summed E-state index contributed by atoms with van der Waals surface area (Å²) in [5, 5.41) is 6.87.